The normalized spacial score (nSPS) is 11.2. The van der Waals surface area contributed by atoms with Crippen molar-refractivity contribution in [2.45, 2.75) is 13.1 Å². The van der Waals surface area contributed by atoms with Crippen molar-refractivity contribution in [3.8, 4) is 0 Å². The Labute approximate surface area is 144 Å². The van der Waals surface area contributed by atoms with Gasteiger partial charge in [0.2, 0.25) is 5.82 Å². The van der Waals surface area contributed by atoms with E-state index in [1.165, 1.54) is 15.7 Å². The average Bonchev–Trinajstić information content (AvgIpc) is 3.31. The van der Waals surface area contributed by atoms with Gasteiger partial charge in [-0.3, -0.25) is 0 Å². The van der Waals surface area contributed by atoms with E-state index < -0.39 is 0 Å². The molecule has 0 N–H and O–H groups in total. The first-order valence-electron chi connectivity index (χ1n) is 7.12. The van der Waals surface area contributed by atoms with E-state index >= 15 is 0 Å². The number of hydrogen-bond acceptors (Lipinski definition) is 7. The second kappa shape index (κ2) is 6.10. The van der Waals surface area contributed by atoms with Gasteiger partial charge in [0.05, 0.1) is 19.4 Å². The summed E-state index contributed by atoms with van der Waals surface area (Å²) < 4.78 is 6.94. The number of thiophene rings is 1. The van der Waals surface area contributed by atoms with E-state index in [-0.39, 0.29) is 10.7 Å². The van der Waals surface area contributed by atoms with E-state index in [0.29, 0.717) is 23.9 Å². The number of nitro groups is 1. The Morgan fingerprint density at radius 1 is 1.25 bits per heavy atom. The summed E-state index contributed by atoms with van der Waals surface area (Å²) in [6.45, 7) is 0.945. The van der Waals surface area contributed by atoms with Gasteiger partial charge < -0.3 is 19.4 Å². The van der Waals surface area contributed by atoms with E-state index in [2.05, 4.69) is 4.98 Å². The van der Waals surface area contributed by atoms with Gasteiger partial charge in [-0.05, 0) is 28.5 Å². The predicted octanol–water partition coefficient (Wildman–Crippen LogP) is 4.17. The van der Waals surface area contributed by atoms with Gasteiger partial charge in [-0.2, -0.15) is 9.38 Å². The minimum absolute atomic E-state index is 0.0191. The molecule has 4 heterocycles. The smallest absolute Gasteiger partial charge is 0.373 e. The number of anilines is 1. The van der Waals surface area contributed by atoms with Crippen molar-refractivity contribution in [2.24, 2.45) is 0 Å². The molecule has 122 valence electrons. The number of fused-ring (bicyclic) bond motifs is 1. The molecule has 0 aliphatic heterocycles. The van der Waals surface area contributed by atoms with Crippen LogP contribution in [0.1, 0.15) is 10.6 Å². The van der Waals surface area contributed by atoms with Gasteiger partial charge in [-0.1, -0.05) is 17.4 Å². The molecule has 4 aromatic rings. The second-order valence-corrected chi connectivity index (χ2v) is 6.99. The molecular formula is C15H12N4O3S2. The topological polar surface area (TPSA) is 76.8 Å². The van der Waals surface area contributed by atoms with Crippen LogP contribution < -0.4 is 4.90 Å². The van der Waals surface area contributed by atoms with Crippen LogP contribution in [0.15, 0.2) is 51.9 Å². The number of rotatable bonds is 6. The molecule has 0 aromatic carbocycles. The molecule has 0 bridgehead atoms. The number of thiazole rings is 1. The zero-order valence-corrected chi connectivity index (χ0v) is 14.0. The molecule has 0 fully saturated rings. The molecule has 4 rings (SSSR count). The Bertz CT molecular complexity index is 920. The second-order valence-electron chi connectivity index (χ2n) is 5.09. The van der Waals surface area contributed by atoms with Gasteiger partial charge in [0, 0.05) is 10.3 Å². The van der Waals surface area contributed by atoms with Crippen LogP contribution in [0.3, 0.4) is 0 Å². The summed E-state index contributed by atoms with van der Waals surface area (Å²) in [5.41, 5.74) is 0. The zero-order chi connectivity index (χ0) is 16.5. The molecule has 0 radical (unpaired) electrons. The number of aromatic nitrogens is 2. The van der Waals surface area contributed by atoms with Gasteiger partial charge in [0.15, 0.2) is 0 Å². The summed E-state index contributed by atoms with van der Waals surface area (Å²) in [5, 5.41) is 15.4. The molecule has 0 unspecified atom stereocenters. The summed E-state index contributed by atoms with van der Waals surface area (Å²) in [6, 6.07) is 7.62. The Morgan fingerprint density at radius 2 is 2.17 bits per heavy atom. The lowest BCUT2D eigenvalue weighted by molar-refractivity contribution is -0.389. The summed E-state index contributed by atoms with van der Waals surface area (Å²) in [5.74, 6) is 1.07. The van der Waals surface area contributed by atoms with Crippen molar-refractivity contribution >= 4 is 39.3 Å². The van der Waals surface area contributed by atoms with Crippen LogP contribution in [0.2, 0.25) is 0 Å². The van der Waals surface area contributed by atoms with Crippen molar-refractivity contribution < 1.29 is 9.34 Å². The van der Waals surface area contributed by atoms with Crippen LogP contribution in [-0.2, 0) is 13.1 Å². The molecule has 0 saturated heterocycles. The van der Waals surface area contributed by atoms with Crippen molar-refractivity contribution in [1.29, 1.82) is 0 Å². The lowest BCUT2D eigenvalue weighted by atomic mass is 10.3. The third-order valence-corrected chi connectivity index (χ3v) is 5.16. The molecule has 9 heteroatoms. The Balaban J connectivity index is 1.78. The first-order chi connectivity index (χ1) is 11.7. The van der Waals surface area contributed by atoms with Crippen molar-refractivity contribution in [1.82, 2.24) is 9.38 Å². The number of nitrogens with zero attached hydrogens (tertiary/aromatic N) is 4. The van der Waals surface area contributed by atoms with Crippen LogP contribution in [0, 0.1) is 10.1 Å². The minimum atomic E-state index is -0.383. The van der Waals surface area contributed by atoms with E-state index in [4.69, 9.17) is 4.42 Å². The molecule has 0 amide bonds. The highest BCUT2D eigenvalue weighted by Crippen LogP contribution is 2.33. The van der Waals surface area contributed by atoms with Gasteiger partial charge in [0.1, 0.15) is 12.0 Å². The Morgan fingerprint density at radius 3 is 2.88 bits per heavy atom. The summed E-state index contributed by atoms with van der Waals surface area (Å²) in [7, 11) is 0. The molecule has 0 saturated carbocycles. The highest BCUT2D eigenvalue weighted by atomic mass is 32.1. The maximum atomic E-state index is 11.6. The van der Waals surface area contributed by atoms with E-state index in [1.807, 2.05) is 28.5 Å². The minimum Gasteiger partial charge on any atom is -0.467 e. The summed E-state index contributed by atoms with van der Waals surface area (Å²) >= 11 is 2.98. The monoisotopic (exact) mass is 360 g/mol. The fourth-order valence-electron chi connectivity index (χ4n) is 2.53. The van der Waals surface area contributed by atoms with Crippen LogP contribution in [-0.4, -0.2) is 14.3 Å². The molecule has 24 heavy (non-hydrogen) atoms. The van der Waals surface area contributed by atoms with Gasteiger partial charge >= 0.3 is 5.82 Å². The lowest BCUT2D eigenvalue weighted by Gasteiger charge is -2.20. The maximum Gasteiger partial charge on any atom is 0.373 e. The van der Waals surface area contributed by atoms with Crippen LogP contribution in [0.5, 0.6) is 0 Å². The van der Waals surface area contributed by atoms with E-state index in [9.17, 15) is 10.1 Å². The Hall–Kier alpha value is -2.65. The van der Waals surface area contributed by atoms with Gasteiger partial charge in [-0.25, -0.2) is 0 Å². The van der Waals surface area contributed by atoms with Crippen molar-refractivity contribution in [3.63, 3.8) is 0 Å². The molecule has 0 aliphatic carbocycles. The molecule has 0 spiro atoms. The number of imidazole rings is 1. The van der Waals surface area contributed by atoms with Crippen molar-refractivity contribution in [2.75, 3.05) is 4.90 Å². The van der Waals surface area contributed by atoms with Crippen molar-refractivity contribution in [3.05, 3.63) is 68.2 Å². The summed E-state index contributed by atoms with van der Waals surface area (Å²) in [4.78, 5) is 19.3. The van der Waals surface area contributed by atoms with Crippen LogP contribution in [0.4, 0.5) is 11.6 Å². The standard InChI is InChI=1S/C15H12N4O3S2/c20-19(21)14-13(16-15-18(14)5-8-24-15)17(9-11-3-1-6-22-11)10-12-4-2-7-23-12/h1-8H,9-10H2. The average molecular weight is 360 g/mol. The highest BCUT2D eigenvalue weighted by molar-refractivity contribution is 7.15. The fraction of sp³-hybridized carbons (Fsp3) is 0.133. The highest BCUT2D eigenvalue weighted by Gasteiger charge is 2.28. The predicted molar refractivity (Wildman–Crippen MR) is 92.6 cm³/mol. The van der Waals surface area contributed by atoms with Crippen LogP contribution >= 0.6 is 22.7 Å². The third kappa shape index (κ3) is 2.68. The Kier molecular flexibility index (Phi) is 3.79. The van der Waals surface area contributed by atoms with Crippen LogP contribution in [0.25, 0.3) is 4.96 Å². The first-order valence-corrected chi connectivity index (χ1v) is 8.88. The fourth-order valence-corrected chi connectivity index (χ4v) is 3.95. The molecule has 4 aromatic heterocycles. The lowest BCUT2D eigenvalue weighted by Crippen LogP contribution is -2.22. The largest absolute Gasteiger partial charge is 0.467 e. The molecule has 0 atom stereocenters. The number of furan rings is 1. The molecule has 0 aliphatic rings. The quantitative estimate of drug-likeness (QED) is 0.381. The first kappa shape index (κ1) is 14.9. The van der Waals surface area contributed by atoms with Gasteiger partial charge in [-0.15, -0.1) is 11.3 Å². The maximum absolute atomic E-state index is 11.6. The zero-order valence-electron chi connectivity index (χ0n) is 12.4. The molecule has 7 nitrogen and oxygen atoms in total. The van der Waals surface area contributed by atoms with E-state index in [0.717, 1.165) is 10.6 Å². The van der Waals surface area contributed by atoms with Gasteiger partial charge in [0.25, 0.3) is 4.96 Å². The molecular weight excluding hydrogens is 348 g/mol. The SMILES string of the molecule is O=[N+]([O-])c1c(N(Cc2ccco2)Cc2cccs2)nc2sccn12. The van der Waals surface area contributed by atoms with E-state index in [1.54, 1.807) is 35.2 Å². The number of hydrogen-bond donors (Lipinski definition) is 0. The third-order valence-electron chi connectivity index (χ3n) is 3.55. The summed E-state index contributed by atoms with van der Waals surface area (Å²) in [6.07, 6.45) is 3.27.